The van der Waals surface area contributed by atoms with Crippen LogP contribution in [0.4, 0.5) is 17.1 Å². The first-order valence-electron chi connectivity index (χ1n) is 20.8. The summed E-state index contributed by atoms with van der Waals surface area (Å²) in [5.74, 6) is 0. The standard InChI is InChI=1S/C58H38N2O/c1-3-12-39(13-4-1)41-22-24-44(25-23-41)50-19-11-20-53-57(50)58-49-17-8-7-16-43(49)28-37-54(58)60(53)47-33-31-46(32-34-47)59(45-29-26-42(27-30-45)40-14-5-2-6-15-40)48-35-36-52-51-18-9-10-21-55(51)61-56(52)38-48/h1-38H. The molecule has 12 rings (SSSR count). The fourth-order valence-electron chi connectivity index (χ4n) is 9.30. The average Bonchev–Trinajstić information content (AvgIpc) is 3.89. The van der Waals surface area contributed by atoms with Gasteiger partial charge in [0, 0.05) is 50.4 Å². The van der Waals surface area contributed by atoms with Gasteiger partial charge in [-0.1, -0.05) is 158 Å². The van der Waals surface area contributed by atoms with E-state index in [-0.39, 0.29) is 0 Å². The molecule has 0 aliphatic carbocycles. The Labute approximate surface area is 353 Å². The number of benzene rings is 10. The molecular formula is C58H38N2O. The van der Waals surface area contributed by atoms with Gasteiger partial charge in [0.25, 0.3) is 0 Å². The normalized spacial score (nSPS) is 11.6. The molecule has 0 amide bonds. The largest absolute Gasteiger partial charge is 0.456 e. The lowest BCUT2D eigenvalue weighted by Crippen LogP contribution is -2.10. The molecule has 0 N–H and O–H groups in total. The van der Waals surface area contributed by atoms with Gasteiger partial charge in [0.15, 0.2) is 0 Å². The van der Waals surface area contributed by atoms with E-state index in [9.17, 15) is 0 Å². The molecule has 12 aromatic rings. The Morgan fingerprint density at radius 3 is 1.59 bits per heavy atom. The zero-order valence-electron chi connectivity index (χ0n) is 33.2. The lowest BCUT2D eigenvalue weighted by Gasteiger charge is -2.26. The highest BCUT2D eigenvalue weighted by Gasteiger charge is 2.20. The minimum atomic E-state index is 0.865. The van der Waals surface area contributed by atoms with Crippen LogP contribution in [0.5, 0.6) is 0 Å². The first kappa shape index (κ1) is 34.9. The predicted octanol–water partition coefficient (Wildman–Crippen LogP) is 16.3. The highest BCUT2D eigenvalue weighted by Crippen LogP contribution is 2.44. The van der Waals surface area contributed by atoms with E-state index in [2.05, 4.69) is 228 Å². The first-order chi connectivity index (χ1) is 30.2. The van der Waals surface area contributed by atoms with E-state index in [0.29, 0.717) is 0 Å². The molecule has 3 heteroatoms. The summed E-state index contributed by atoms with van der Waals surface area (Å²) < 4.78 is 8.84. The van der Waals surface area contributed by atoms with Gasteiger partial charge in [-0.3, -0.25) is 0 Å². The summed E-state index contributed by atoms with van der Waals surface area (Å²) in [7, 11) is 0. The van der Waals surface area contributed by atoms with Crippen LogP contribution in [-0.4, -0.2) is 4.57 Å². The van der Waals surface area contributed by atoms with Gasteiger partial charge < -0.3 is 13.9 Å². The Bertz CT molecular complexity index is 3550. The molecular weight excluding hydrogens is 741 g/mol. The summed E-state index contributed by atoms with van der Waals surface area (Å²) in [5.41, 5.74) is 15.6. The molecule has 286 valence electrons. The quantitative estimate of drug-likeness (QED) is 0.161. The monoisotopic (exact) mass is 778 g/mol. The molecule has 0 aliphatic rings. The number of hydrogen-bond acceptors (Lipinski definition) is 2. The molecule has 2 aromatic heterocycles. The smallest absolute Gasteiger partial charge is 0.137 e. The van der Waals surface area contributed by atoms with Crippen molar-refractivity contribution in [2.75, 3.05) is 4.90 Å². The van der Waals surface area contributed by atoms with Crippen molar-refractivity contribution >= 4 is 71.6 Å². The molecule has 0 radical (unpaired) electrons. The van der Waals surface area contributed by atoms with Crippen molar-refractivity contribution in [1.29, 1.82) is 0 Å². The van der Waals surface area contributed by atoms with Crippen LogP contribution in [-0.2, 0) is 0 Å². The molecule has 0 saturated heterocycles. The predicted molar refractivity (Wildman–Crippen MR) is 257 cm³/mol. The number of para-hydroxylation sites is 1. The molecule has 0 fully saturated rings. The van der Waals surface area contributed by atoms with Crippen molar-refractivity contribution in [3.05, 3.63) is 231 Å². The van der Waals surface area contributed by atoms with Crippen molar-refractivity contribution in [1.82, 2.24) is 4.57 Å². The van der Waals surface area contributed by atoms with Crippen molar-refractivity contribution in [3.63, 3.8) is 0 Å². The zero-order chi connectivity index (χ0) is 40.3. The van der Waals surface area contributed by atoms with Crippen LogP contribution in [0.2, 0.25) is 0 Å². The Balaban J connectivity index is 1.01. The van der Waals surface area contributed by atoms with Gasteiger partial charge in [-0.05, 0) is 111 Å². The second-order valence-electron chi connectivity index (χ2n) is 15.7. The molecule has 0 saturated carbocycles. The van der Waals surface area contributed by atoms with E-state index in [1.807, 2.05) is 12.1 Å². The lowest BCUT2D eigenvalue weighted by molar-refractivity contribution is 0.669. The van der Waals surface area contributed by atoms with E-state index >= 15 is 0 Å². The molecule has 0 bridgehead atoms. The Morgan fingerprint density at radius 2 is 0.869 bits per heavy atom. The van der Waals surface area contributed by atoms with Crippen molar-refractivity contribution in [3.8, 4) is 39.1 Å². The topological polar surface area (TPSA) is 21.3 Å². The van der Waals surface area contributed by atoms with E-state index < -0.39 is 0 Å². The SMILES string of the molecule is c1ccc(-c2ccc(-c3cccc4c3c3c5ccccc5ccc3n4-c3ccc(N(c4ccc(-c5ccccc5)cc4)c4ccc5c(c4)oc4ccccc45)cc3)cc2)cc1. The summed E-state index contributed by atoms with van der Waals surface area (Å²) in [5, 5.41) is 7.23. The maximum absolute atomic E-state index is 6.41. The van der Waals surface area contributed by atoms with Crippen LogP contribution in [0.1, 0.15) is 0 Å². The van der Waals surface area contributed by atoms with E-state index in [1.54, 1.807) is 0 Å². The maximum atomic E-state index is 6.41. The van der Waals surface area contributed by atoms with Gasteiger partial charge in [-0.15, -0.1) is 0 Å². The third-order valence-electron chi connectivity index (χ3n) is 12.2. The highest BCUT2D eigenvalue weighted by atomic mass is 16.3. The van der Waals surface area contributed by atoms with Gasteiger partial charge in [-0.2, -0.15) is 0 Å². The molecule has 3 nitrogen and oxygen atoms in total. The van der Waals surface area contributed by atoms with Crippen LogP contribution in [0.3, 0.4) is 0 Å². The minimum absolute atomic E-state index is 0.865. The zero-order valence-corrected chi connectivity index (χ0v) is 33.2. The number of furan rings is 1. The fraction of sp³-hybridized carbons (Fsp3) is 0. The average molecular weight is 779 g/mol. The van der Waals surface area contributed by atoms with Crippen LogP contribution in [0.25, 0.3) is 93.6 Å². The minimum Gasteiger partial charge on any atom is -0.456 e. The first-order valence-corrected chi connectivity index (χ1v) is 20.8. The second kappa shape index (κ2) is 14.3. The van der Waals surface area contributed by atoms with Crippen molar-refractivity contribution in [2.24, 2.45) is 0 Å². The number of rotatable bonds is 7. The van der Waals surface area contributed by atoms with Crippen LogP contribution < -0.4 is 4.90 Å². The summed E-state index contributed by atoms with van der Waals surface area (Å²) in [6, 6.07) is 82.9. The number of nitrogens with zero attached hydrogens (tertiary/aromatic N) is 2. The van der Waals surface area contributed by atoms with E-state index in [1.165, 1.54) is 66.0 Å². The fourth-order valence-corrected chi connectivity index (χ4v) is 9.30. The summed E-state index contributed by atoms with van der Waals surface area (Å²) in [6.45, 7) is 0. The van der Waals surface area contributed by atoms with Gasteiger partial charge in [-0.25, -0.2) is 0 Å². The van der Waals surface area contributed by atoms with Gasteiger partial charge in [0.2, 0.25) is 0 Å². The summed E-state index contributed by atoms with van der Waals surface area (Å²) >= 11 is 0. The number of hydrogen-bond donors (Lipinski definition) is 0. The van der Waals surface area contributed by atoms with E-state index in [0.717, 1.165) is 44.7 Å². The molecule has 61 heavy (non-hydrogen) atoms. The Kier molecular flexibility index (Phi) is 8.17. The molecule has 0 spiro atoms. The molecule has 0 atom stereocenters. The van der Waals surface area contributed by atoms with Gasteiger partial charge in [0.1, 0.15) is 11.2 Å². The Morgan fingerprint density at radius 1 is 0.328 bits per heavy atom. The highest BCUT2D eigenvalue weighted by molar-refractivity contribution is 6.25. The van der Waals surface area contributed by atoms with Gasteiger partial charge >= 0.3 is 0 Å². The van der Waals surface area contributed by atoms with Crippen LogP contribution in [0, 0.1) is 0 Å². The second-order valence-corrected chi connectivity index (χ2v) is 15.7. The Hall–Kier alpha value is -8.14. The third kappa shape index (κ3) is 5.90. The third-order valence-corrected chi connectivity index (χ3v) is 12.2. The van der Waals surface area contributed by atoms with E-state index in [4.69, 9.17) is 4.42 Å². The number of fused-ring (bicyclic) bond motifs is 8. The molecule has 0 aliphatic heterocycles. The molecule has 0 unspecified atom stereocenters. The van der Waals surface area contributed by atoms with Crippen molar-refractivity contribution in [2.45, 2.75) is 0 Å². The molecule has 10 aromatic carbocycles. The van der Waals surface area contributed by atoms with Gasteiger partial charge in [0.05, 0.1) is 11.0 Å². The number of aromatic nitrogens is 1. The lowest BCUT2D eigenvalue weighted by atomic mass is 9.95. The summed E-state index contributed by atoms with van der Waals surface area (Å²) in [4.78, 5) is 2.32. The summed E-state index contributed by atoms with van der Waals surface area (Å²) in [6.07, 6.45) is 0. The van der Waals surface area contributed by atoms with Crippen molar-refractivity contribution < 1.29 is 4.42 Å². The maximum Gasteiger partial charge on any atom is 0.137 e. The van der Waals surface area contributed by atoms with Crippen LogP contribution >= 0.6 is 0 Å². The molecule has 2 heterocycles. The number of anilines is 3. The van der Waals surface area contributed by atoms with Crippen LogP contribution in [0.15, 0.2) is 235 Å².